The van der Waals surface area contributed by atoms with Crippen molar-refractivity contribution in [3.8, 4) is 0 Å². The van der Waals surface area contributed by atoms with Crippen molar-refractivity contribution in [1.29, 1.82) is 0 Å². The second kappa shape index (κ2) is 7.98. The standard InChI is InChI=1S/C19H33N5O/c1-19(2,3)17-6-7-18(21-20-17)24-14-16(15-24)22(4)9-10-23-8-5-12-25-13-11-23/h6-7,16H,5,8-15H2,1-4H3. The van der Waals surface area contributed by atoms with Crippen molar-refractivity contribution in [3.05, 3.63) is 17.8 Å². The normalized spacial score (nSPS) is 20.6. The molecule has 0 bridgehead atoms. The Morgan fingerprint density at radius 3 is 2.64 bits per heavy atom. The molecule has 0 atom stereocenters. The number of nitrogens with zero attached hydrogens (tertiary/aromatic N) is 5. The second-order valence-corrected chi connectivity index (χ2v) is 8.37. The second-order valence-electron chi connectivity index (χ2n) is 8.37. The first kappa shape index (κ1) is 18.5. The fourth-order valence-electron chi connectivity index (χ4n) is 3.32. The van der Waals surface area contributed by atoms with E-state index in [1.165, 1.54) is 6.54 Å². The Balaban J connectivity index is 1.42. The van der Waals surface area contributed by atoms with E-state index in [4.69, 9.17) is 4.74 Å². The van der Waals surface area contributed by atoms with E-state index in [9.17, 15) is 0 Å². The molecule has 0 radical (unpaired) electrons. The Morgan fingerprint density at radius 2 is 1.96 bits per heavy atom. The van der Waals surface area contributed by atoms with Gasteiger partial charge in [0, 0.05) is 57.3 Å². The van der Waals surface area contributed by atoms with Crippen molar-refractivity contribution in [2.24, 2.45) is 0 Å². The predicted molar refractivity (Wildman–Crippen MR) is 101 cm³/mol. The Labute approximate surface area is 152 Å². The van der Waals surface area contributed by atoms with Crippen LogP contribution in [-0.2, 0) is 10.2 Å². The molecule has 0 aromatic carbocycles. The van der Waals surface area contributed by atoms with Crippen LogP contribution in [0.2, 0.25) is 0 Å². The number of likely N-dealkylation sites (N-methyl/N-ethyl adjacent to an activating group) is 1. The lowest BCUT2D eigenvalue weighted by atomic mass is 9.92. The first-order valence-corrected chi connectivity index (χ1v) is 9.53. The first-order chi connectivity index (χ1) is 11.9. The summed E-state index contributed by atoms with van der Waals surface area (Å²) in [5.41, 5.74) is 1.11. The molecule has 0 amide bonds. The number of hydrogen-bond acceptors (Lipinski definition) is 6. The minimum Gasteiger partial charge on any atom is -0.380 e. The molecule has 6 nitrogen and oxygen atoms in total. The SMILES string of the molecule is CN(CCN1CCCOCC1)C1CN(c2ccc(C(C)(C)C)nn2)C1. The largest absolute Gasteiger partial charge is 0.380 e. The summed E-state index contributed by atoms with van der Waals surface area (Å²) in [6.45, 7) is 14.9. The smallest absolute Gasteiger partial charge is 0.151 e. The highest BCUT2D eigenvalue weighted by molar-refractivity contribution is 5.42. The summed E-state index contributed by atoms with van der Waals surface area (Å²) >= 11 is 0. The molecule has 1 aromatic heterocycles. The summed E-state index contributed by atoms with van der Waals surface area (Å²) in [7, 11) is 2.24. The van der Waals surface area contributed by atoms with Crippen LogP contribution in [0.25, 0.3) is 0 Å². The monoisotopic (exact) mass is 347 g/mol. The molecule has 0 aliphatic carbocycles. The van der Waals surface area contributed by atoms with Crippen molar-refractivity contribution < 1.29 is 4.74 Å². The van der Waals surface area contributed by atoms with Crippen LogP contribution in [0.15, 0.2) is 12.1 Å². The molecule has 1 aromatic rings. The van der Waals surface area contributed by atoms with Gasteiger partial charge in [0.2, 0.25) is 0 Å². The highest BCUT2D eigenvalue weighted by Crippen LogP contribution is 2.24. The third-order valence-corrected chi connectivity index (χ3v) is 5.31. The zero-order chi connectivity index (χ0) is 17.9. The average molecular weight is 348 g/mol. The van der Waals surface area contributed by atoms with Gasteiger partial charge in [0.1, 0.15) is 0 Å². The van der Waals surface area contributed by atoms with Crippen LogP contribution in [0.3, 0.4) is 0 Å². The van der Waals surface area contributed by atoms with Crippen molar-refractivity contribution >= 4 is 5.82 Å². The van der Waals surface area contributed by atoms with Gasteiger partial charge in [-0.15, -0.1) is 5.10 Å². The molecule has 2 aliphatic heterocycles. The Bertz CT molecular complexity index is 528. The van der Waals surface area contributed by atoms with Crippen molar-refractivity contribution in [2.45, 2.75) is 38.6 Å². The Morgan fingerprint density at radius 1 is 1.16 bits per heavy atom. The lowest BCUT2D eigenvalue weighted by molar-refractivity contribution is 0.134. The molecule has 2 aliphatic rings. The molecule has 25 heavy (non-hydrogen) atoms. The molecule has 0 saturated carbocycles. The van der Waals surface area contributed by atoms with Crippen LogP contribution in [-0.4, -0.2) is 85.6 Å². The quantitative estimate of drug-likeness (QED) is 0.806. The van der Waals surface area contributed by atoms with Gasteiger partial charge in [0.25, 0.3) is 0 Å². The van der Waals surface area contributed by atoms with E-state index < -0.39 is 0 Å². The van der Waals surface area contributed by atoms with Crippen LogP contribution < -0.4 is 4.90 Å². The van der Waals surface area contributed by atoms with Gasteiger partial charge in [-0.05, 0) is 25.6 Å². The van der Waals surface area contributed by atoms with Gasteiger partial charge in [-0.3, -0.25) is 9.80 Å². The fraction of sp³-hybridized carbons (Fsp3) is 0.789. The maximum atomic E-state index is 5.53. The molecule has 2 fully saturated rings. The lowest BCUT2D eigenvalue weighted by Gasteiger charge is -2.45. The van der Waals surface area contributed by atoms with Crippen LogP contribution in [0.1, 0.15) is 32.9 Å². The van der Waals surface area contributed by atoms with Gasteiger partial charge in [0.15, 0.2) is 5.82 Å². The molecule has 140 valence electrons. The first-order valence-electron chi connectivity index (χ1n) is 9.53. The highest BCUT2D eigenvalue weighted by Gasteiger charge is 2.31. The maximum Gasteiger partial charge on any atom is 0.151 e. The molecule has 2 saturated heterocycles. The topological polar surface area (TPSA) is 44.7 Å². The van der Waals surface area contributed by atoms with Crippen LogP contribution in [0.5, 0.6) is 0 Å². The van der Waals surface area contributed by atoms with Gasteiger partial charge in [0.05, 0.1) is 12.3 Å². The number of hydrogen-bond donors (Lipinski definition) is 0. The number of ether oxygens (including phenoxy) is 1. The van der Waals surface area contributed by atoms with Crippen molar-refractivity contribution in [3.63, 3.8) is 0 Å². The fourth-order valence-corrected chi connectivity index (χ4v) is 3.32. The van der Waals surface area contributed by atoms with Crippen LogP contribution >= 0.6 is 0 Å². The minimum absolute atomic E-state index is 0.0571. The third kappa shape index (κ3) is 4.90. The predicted octanol–water partition coefficient (Wildman–Crippen LogP) is 1.62. The molecule has 0 unspecified atom stereocenters. The van der Waals surface area contributed by atoms with E-state index in [2.05, 4.69) is 64.8 Å². The Hall–Kier alpha value is -1.24. The molecule has 0 N–H and O–H groups in total. The van der Waals surface area contributed by atoms with E-state index in [1.54, 1.807) is 0 Å². The lowest BCUT2D eigenvalue weighted by Crippen LogP contribution is -2.59. The van der Waals surface area contributed by atoms with Crippen LogP contribution in [0, 0.1) is 0 Å². The van der Waals surface area contributed by atoms with E-state index >= 15 is 0 Å². The van der Waals surface area contributed by atoms with Gasteiger partial charge in [-0.1, -0.05) is 20.8 Å². The summed E-state index contributed by atoms with van der Waals surface area (Å²) in [5, 5.41) is 8.83. The van der Waals surface area contributed by atoms with Gasteiger partial charge >= 0.3 is 0 Å². The van der Waals surface area contributed by atoms with E-state index in [1.807, 2.05) is 0 Å². The highest BCUT2D eigenvalue weighted by atomic mass is 16.5. The summed E-state index contributed by atoms with van der Waals surface area (Å²) in [5.74, 6) is 1.00. The van der Waals surface area contributed by atoms with Crippen molar-refractivity contribution in [1.82, 2.24) is 20.0 Å². The maximum absolute atomic E-state index is 5.53. The zero-order valence-electron chi connectivity index (χ0n) is 16.2. The Kier molecular flexibility index (Phi) is 5.92. The van der Waals surface area contributed by atoms with Gasteiger partial charge < -0.3 is 9.64 Å². The molecule has 3 heterocycles. The number of anilines is 1. The summed E-state index contributed by atoms with van der Waals surface area (Å²) in [6.07, 6.45) is 1.16. The molecular weight excluding hydrogens is 314 g/mol. The molecular formula is C19H33N5O. The van der Waals surface area contributed by atoms with E-state index in [-0.39, 0.29) is 5.41 Å². The van der Waals surface area contributed by atoms with E-state index in [0.29, 0.717) is 6.04 Å². The zero-order valence-corrected chi connectivity index (χ0v) is 16.2. The summed E-state index contributed by atoms with van der Waals surface area (Å²) < 4.78 is 5.53. The van der Waals surface area contributed by atoms with Crippen LogP contribution in [0.4, 0.5) is 5.82 Å². The third-order valence-electron chi connectivity index (χ3n) is 5.31. The number of rotatable bonds is 5. The minimum atomic E-state index is 0.0571. The van der Waals surface area contributed by atoms with E-state index in [0.717, 1.165) is 63.9 Å². The molecule has 3 rings (SSSR count). The van der Waals surface area contributed by atoms with Gasteiger partial charge in [-0.2, -0.15) is 5.10 Å². The molecule has 0 spiro atoms. The number of aromatic nitrogens is 2. The summed E-state index contributed by atoms with van der Waals surface area (Å²) in [6, 6.07) is 4.84. The van der Waals surface area contributed by atoms with Crippen molar-refractivity contribution in [2.75, 3.05) is 64.4 Å². The molecule has 6 heteroatoms. The average Bonchev–Trinajstić information content (AvgIpc) is 2.80. The summed E-state index contributed by atoms with van der Waals surface area (Å²) in [4.78, 5) is 7.33. The van der Waals surface area contributed by atoms with Gasteiger partial charge in [-0.25, -0.2) is 0 Å².